The molecular formula is C15H14F3N. The van der Waals surface area contributed by atoms with E-state index in [1.54, 1.807) is 26.0 Å². The molecule has 2 aromatic carbocycles. The fourth-order valence-electron chi connectivity index (χ4n) is 1.81. The molecule has 2 aromatic rings. The molecule has 1 unspecified atom stereocenters. The maximum atomic E-state index is 13.5. The van der Waals surface area contributed by atoms with Crippen LogP contribution in [0.1, 0.15) is 24.1 Å². The molecule has 0 saturated carbocycles. The molecule has 0 saturated heterocycles. The first-order valence-electron chi connectivity index (χ1n) is 5.95. The second kappa shape index (κ2) is 5.34. The van der Waals surface area contributed by atoms with Crippen molar-refractivity contribution in [3.63, 3.8) is 0 Å². The molecule has 1 N–H and O–H groups in total. The van der Waals surface area contributed by atoms with E-state index in [-0.39, 0.29) is 17.5 Å². The highest BCUT2D eigenvalue weighted by molar-refractivity contribution is 5.47. The first-order chi connectivity index (χ1) is 8.99. The van der Waals surface area contributed by atoms with Gasteiger partial charge in [0.05, 0.1) is 5.69 Å². The van der Waals surface area contributed by atoms with E-state index in [1.807, 2.05) is 0 Å². The van der Waals surface area contributed by atoms with Crippen LogP contribution in [0.5, 0.6) is 0 Å². The molecule has 1 nitrogen and oxygen atoms in total. The number of nitrogens with one attached hydrogen (secondary N) is 1. The number of hydrogen-bond donors (Lipinski definition) is 1. The molecular weight excluding hydrogens is 251 g/mol. The van der Waals surface area contributed by atoms with Crippen LogP contribution in [0.4, 0.5) is 18.9 Å². The van der Waals surface area contributed by atoms with E-state index in [1.165, 1.54) is 18.2 Å². The molecule has 0 spiro atoms. The first kappa shape index (κ1) is 13.5. The molecule has 19 heavy (non-hydrogen) atoms. The van der Waals surface area contributed by atoms with E-state index in [9.17, 15) is 13.2 Å². The Balaban J connectivity index is 2.23. The predicted octanol–water partition coefficient (Wildman–Crippen LogP) is 4.59. The highest BCUT2D eigenvalue weighted by Crippen LogP contribution is 2.24. The standard InChI is InChI=1S/C15H14F3N/c1-9-6-7-11(8-13(9)17)10(2)19-14-5-3-4-12(16)15(14)18/h3-8,10,19H,1-2H3. The maximum absolute atomic E-state index is 13.5. The van der Waals surface area contributed by atoms with Crippen molar-refractivity contribution >= 4 is 5.69 Å². The SMILES string of the molecule is Cc1ccc(C(C)Nc2cccc(F)c2F)cc1F. The lowest BCUT2D eigenvalue weighted by atomic mass is 10.1. The molecule has 0 bridgehead atoms. The summed E-state index contributed by atoms with van der Waals surface area (Å²) in [4.78, 5) is 0. The number of aryl methyl sites for hydroxylation is 1. The van der Waals surface area contributed by atoms with Crippen LogP contribution < -0.4 is 5.32 Å². The van der Waals surface area contributed by atoms with E-state index >= 15 is 0 Å². The van der Waals surface area contributed by atoms with Crippen molar-refractivity contribution in [1.82, 2.24) is 0 Å². The van der Waals surface area contributed by atoms with Crippen molar-refractivity contribution in [2.45, 2.75) is 19.9 Å². The molecule has 0 aliphatic carbocycles. The maximum Gasteiger partial charge on any atom is 0.181 e. The highest BCUT2D eigenvalue weighted by Gasteiger charge is 2.12. The monoisotopic (exact) mass is 265 g/mol. The zero-order chi connectivity index (χ0) is 14.0. The van der Waals surface area contributed by atoms with Crippen LogP contribution in [0, 0.1) is 24.4 Å². The third-order valence-corrected chi connectivity index (χ3v) is 3.02. The Morgan fingerprint density at radius 3 is 2.42 bits per heavy atom. The van der Waals surface area contributed by atoms with Crippen molar-refractivity contribution < 1.29 is 13.2 Å². The summed E-state index contributed by atoms with van der Waals surface area (Å²) in [5, 5.41) is 2.83. The van der Waals surface area contributed by atoms with E-state index in [4.69, 9.17) is 0 Å². The van der Waals surface area contributed by atoms with Gasteiger partial charge in [0, 0.05) is 6.04 Å². The van der Waals surface area contributed by atoms with E-state index in [0.717, 1.165) is 6.07 Å². The topological polar surface area (TPSA) is 12.0 Å². The molecule has 0 fully saturated rings. The van der Waals surface area contributed by atoms with Crippen molar-refractivity contribution in [2.75, 3.05) is 5.32 Å². The molecule has 4 heteroatoms. The Labute approximate surface area is 110 Å². The van der Waals surface area contributed by atoms with Crippen LogP contribution in [0.3, 0.4) is 0 Å². The lowest BCUT2D eigenvalue weighted by Gasteiger charge is -2.17. The average molecular weight is 265 g/mol. The minimum atomic E-state index is -0.929. The van der Waals surface area contributed by atoms with Gasteiger partial charge in [-0.15, -0.1) is 0 Å². The minimum Gasteiger partial charge on any atom is -0.376 e. The third kappa shape index (κ3) is 2.89. The number of halogens is 3. The fourth-order valence-corrected chi connectivity index (χ4v) is 1.81. The van der Waals surface area contributed by atoms with E-state index in [0.29, 0.717) is 11.1 Å². The second-order valence-corrected chi connectivity index (χ2v) is 4.48. The van der Waals surface area contributed by atoms with Gasteiger partial charge >= 0.3 is 0 Å². The van der Waals surface area contributed by atoms with Gasteiger partial charge in [-0.05, 0) is 43.2 Å². The molecule has 0 radical (unpaired) electrons. The summed E-state index contributed by atoms with van der Waals surface area (Å²) in [6, 6.07) is 8.40. The molecule has 2 rings (SSSR count). The molecule has 0 aliphatic rings. The van der Waals surface area contributed by atoms with E-state index < -0.39 is 11.6 Å². The normalized spacial score (nSPS) is 12.3. The largest absolute Gasteiger partial charge is 0.376 e. The van der Waals surface area contributed by atoms with Gasteiger partial charge in [0.2, 0.25) is 0 Å². The fraction of sp³-hybridized carbons (Fsp3) is 0.200. The average Bonchev–Trinajstić information content (AvgIpc) is 2.38. The van der Waals surface area contributed by atoms with Gasteiger partial charge in [-0.2, -0.15) is 0 Å². The number of rotatable bonds is 3. The van der Waals surface area contributed by atoms with Crippen LogP contribution in [0.15, 0.2) is 36.4 Å². The minimum absolute atomic E-state index is 0.0634. The van der Waals surface area contributed by atoms with Gasteiger partial charge in [0.25, 0.3) is 0 Å². The van der Waals surface area contributed by atoms with Crippen LogP contribution in [0.25, 0.3) is 0 Å². The highest BCUT2D eigenvalue weighted by atomic mass is 19.2. The zero-order valence-electron chi connectivity index (χ0n) is 10.7. The van der Waals surface area contributed by atoms with Gasteiger partial charge in [-0.1, -0.05) is 18.2 Å². The number of hydrogen-bond acceptors (Lipinski definition) is 1. The van der Waals surface area contributed by atoms with Crippen LogP contribution in [-0.4, -0.2) is 0 Å². The molecule has 0 aliphatic heterocycles. The van der Waals surface area contributed by atoms with Gasteiger partial charge in [-0.25, -0.2) is 13.2 Å². The molecule has 1 atom stereocenters. The molecule has 0 heterocycles. The number of anilines is 1. The Bertz CT molecular complexity index is 596. The quantitative estimate of drug-likeness (QED) is 0.856. The Morgan fingerprint density at radius 2 is 1.74 bits per heavy atom. The van der Waals surface area contributed by atoms with Gasteiger partial charge in [-0.3, -0.25) is 0 Å². The van der Waals surface area contributed by atoms with Crippen molar-refractivity contribution in [3.8, 4) is 0 Å². The summed E-state index contributed by atoms with van der Waals surface area (Å²) in [6.45, 7) is 3.43. The van der Waals surface area contributed by atoms with Crippen LogP contribution in [-0.2, 0) is 0 Å². The summed E-state index contributed by atoms with van der Waals surface area (Å²) in [6.07, 6.45) is 0. The Kier molecular flexibility index (Phi) is 3.79. The van der Waals surface area contributed by atoms with Gasteiger partial charge in [0.15, 0.2) is 11.6 Å². The van der Waals surface area contributed by atoms with Gasteiger partial charge in [0.1, 0.15) is 5.82 Å². The van der Waals surface area contributed by atoms with Crippen molar-refractivity contribution in [3.05, 3.63) is 65.0 Å². The lowest BCUT2D eigenvalue weighted by Crippen LogP contribution is -2.09. The van der Waals surface area contributed by atoms with Crippen molar-refractivity contribution in [2.24, 2.45) is 0 Å². The summed E-state index contributed by atoms with van der Waals surface area (Å²) in [5.74, 6) is -2.15. The lowest BCUT2D eigenvalue weighted by molar-refractivity contribution is 0.510. The Morgan fingerprint density at radius 1 is 1.00 bits per heavy atom. The molecule has 0 aromatic heterocycles. The van der Waals surface area contributed by atoms with Crippen LogP contribution in [0.2, 0.25) is 0 Å². The third-order valence-electron chi connectivity index (χ3n) is 3.02. The van der Waals surface area contributed by atoms with E-state index in [2.05, 4.69) is 5.32 Å². The molecule has 100 valence electrons. The molecule has 0 amide bonds. The first-order valence-corrected chi connectivity index (χ1v) is 5.95. The Hall–Kier alpha value is -1.97. The van der Waals surface area contributed by atoms with Crippen LogP contribution >= 0.6 is 0 Å². The smallest absolute Gasteiger partial charge is 0.181 e. The predicted molar refractivity (Wildman–Crippen MR) is 69.5 cm³/mol. The summed E-state index contributed by atoms with van der Waals surface area (Å²) >= 11 is 0. The summed E-state index contributed by atoms with van der Waals surface area (Å²) in [5.41, 5.74) is 1.29. The van der Waals surface area contributed by atoms with Gasteiger partial charge < -0.3 is 5.32 Å². The summed E-state index contributed by atoms with van der Waals surface area (Å²) < 4.78 is 40.0. The van der Waals surface area contributed by atoms with Crippen molar-refractivity contribution in [1.29, 1.82) is 0 Å². The summed E-state index contributed by atoms with van der Waals surface area (Å²) in [7, 11) is 0. The number of benzene rings is 2. The second-order valence-electron chi connectivity index (χ2n) is 4.48. The zero-order valence-corrected chi connectivity index (χ0v) is 10.7.